The van der Waals surface area contributed by atoms with Crippen LogP contribution in [0.3, 0.4) is 0 Å². The minimum atomic E-state index is -0.475. The van der Waals surface area contributed by atoms with Gasteiger partial charge in [0.05, 0.1) is 0 Å². The molecule has 82 valence electrons. The first-order chi connectivity index (χ1) is 7.63. The van der Waals surface area contributed by atoms with Crippen LogP contribution in [0.5, 0.6) is 0 Å². The van der Waals surface area contributed by atoms with Crippen molar-refractivity contribution in [1.82, 2.24) is 9.97 Å². The largest absolute Gasteiger partial charge is 0.325 e. The zero-order valence-corrected chi connectivity index (χ0v) is 9.87. The smallest absolute Gasteiger partial charge is 0.311 e. The molecule has 0 aliphatic rings. The van der Waals surface area contributed by atoms with Crippen molar-refractivity contribution in [2.45, 2.75) is 6.42 Å². The molecule has 0 spiro atoms. The third-order valence-electron chi connectivity index (χ3n) is 2.10. The number of aromatic nitrogens is 2. The molecule has 5 heteroatoms. The summed E-state index contributed by atoms with van der Waals surface area (Å²) in [5.41, 5.74) is 0.772. The summed E-state index contributed by atoms with van der Waals surface area (Å²) in [5, 5.41) is 0. The van der Waals surface area contributed by atoms with Gasteiger partial charge in [0.2, 0.25) is 0 Å². The normalized spacial score (nSPS) is 10.3. The van der Waals surface area contributed by atoms with E-state index in [1.807, 2.05) is 24.3 Å². The lowest BCUT2D eigenvalue weighted by atomic mass is 10.1. The number of hydrogen-bond donors (Lipinski definition) is 2. The molecule has 0 bridgehead atoms. The van der Waals surface area contributed by atoms with E-state index in [0.29, 0.717) is 12.1 Å². The second-order valence-corrected chi connectivity index (χ2v) is 4.34. The van der Waals surface area contributed by atoms with E-state index in [4.69, 9.17) is 0 Å². The first kappa shape index (κ1) is 10.9. The number of benzene rings is 1. The van der Waals surface area contributed by atoms with E-state index in [1.165, 1.54) is 6.07 Å². The van der Waals surface area contributed by atoms with Crippen LogP contribution in [0.2, 0.25) is 0 Å². The van der Waals surface area contributed by atoms with Crippen LogP contribution < -0.4 is 11.2 Å². The second-order valence-electron chi connectivity index (χ2n) is 3.42. The molecule has 0 atom stereocenters. The van der Waals surface area contributed by atoms with Crippen LogP contribution in [-0.4, -0.2) is 9.97 Å². The van der Waals surface area contributed by atoms with Gasteiger partial charge in [-0.1, -0.05) is 28.1 Å². The fourth-order valence-corrected chi connectivity index (χ4v) is 1.93. The minimum absolute atomic E-state index is 0.381. The van der Waals surface area contributed by atoms with Crippen LogP contribution in [0, 0.1) is 0 Å². The van der Waals surface area contributed by atoms with E-state index in [1.54, 1.807) is 0 Å². The van der Waals surface area contributed by atoms with Gasteiger partial charge in [0.15, 0.2) is 0 Å². The third kappa shape index (κ3) is 2.70. The van der Waals surface area contributed by atoms with Crippen molar-refractivity contribution in [2.24, 2.45) is 0 Å². The lowest BCUT2D eigenvalue weighted by molar-refractivity contribution is 0.953. The number of H-pyrrole nitrogens is 2. The first-order valence-corrected chi connectivity index (χ1v) is 5.50. The zero-order chi connectivity index (χ0) is 11.5. The Morgan fingerprint density at radius 1 is 1.12 bits per heavy atom. The van der Waals surface area contributed by atoms with Crippen LogP contribution in [0.1, 0.15) is 11.3 Å². The number of nitrogens with one attached hydrogen (secondary N) is 2. The van der Waals surface area contributed by atoms with Crippen LogP contribution >= 0.6 is 15.9 Å². The number of halogens is 1. The summed E-state index contributed by atoms with van der Waals surface area (Å²) in [7, 11) is 0. The maximum Gasteiger partial charge on any atom is 0.325 e. The van der Waals surface area contributed by atoms with E-state index in [9.17, 15) is 9.59 Å². The highest BCUT2D eigenvalue weighted by atomic mass is 79.9. The Morgan fingerprint density at radius 3 is 2.62 bits per heavy atom. The fourth-order valence-electron chi connectivity index (χ4n) is 1.48. The summed E-state index contributed by atoms with van der Waals surface area (Å²) in [4.78, 5) is 26.9. The van der Waals surface area contributed by atoms with E-state index >= 15 is 0 Å². The number of aromatic amines is 2. The summed E-state index contributed by atoms with van der Waals surface area (Å²) in [6, 6.07) is 9.10. The van der Waals surface area contributed by atoms with Gasteiger partial charge in [0.1, 0.15) is 0 Å². The van der Waals surface area contributed by atoms with Gasteiger partial charge in [0, 0.05) is 22.7 Å². The van der Waals surface area contributed by atoms with Crippen LogP contribution in [0.4, 0.5) is 0 Å². The van der Waals surface area contributed by atoms with E-state index in [0.717, 1.165) is 10.0 Å². The van der Waals surface area contributed by atoms with Gasteiger partial charge in [-0.15, -0.1) is 0 Å². The monoisotopic (exact) mass is 280 g/mol. The predicted molar refractivity (Wildman–Crippen MR) is 64.6 cm³/mol. The highest BCUT2D eigenvalue weighted by Gasteiger charge is 1.99. The van der Waals surface area contributed by atoms with E-state index in [-0.39, 0.29) is 5.56 Å². The predicted octanol–water partition coefficient (Wildman–Crippen LogP) is 1.42. The lowest BCUT2D eigenvalue weighted by Crippen LogP contribution is -2.23. The van der Waals surface area contributed by atoms with Crippen LogP contribution in [-0.2, 0) is 6.42 Å². The summed E-state index contributed by atoms with van der Waals surface area (Å²) >= 11 is 3.36. The molecule has 1 aromatic carbocycles. The highest BCUT2D eigenvalue weighted by molar-refractivity contribution is 9.10. The van der Waals surface area contributed by atoms with E-state index in [2.05, 4.69) is 25.9 Å². The van der Waals surface area contributed by atoms with Gasteiger partial charge in [-0.05, 0) is 17.7 Å². The molecule has 2 rings (SSSR count). The quantitative estimate of drug-likeness (QED) is 0.874. The maximum absolute atomic E-state index is 11.1. The summed E-state index contributed by atoms with van der Waals surface area (Å²) in [5.74, 6) is 0. The Morgan fingerprint density at radius 2 is 1.94 bits per heavy atom. The van der Waals surface area contributed by atoms with Crippen LogP contribution in [0.25, 0.3) is 0 Å². The van der Waals surface area contributed by atoms with Crippen molar-refractivity contribution in [1.29, 1.82) is 0 Å². The summed E-state index contributed by atoms with van der Waals surface area (Å²) in [6.45, 7) is 0. The van der Waals surface area contributed by atoms with Crippen molar-refractivity contribution in [2.75, 3.05) is 0 Å². The number of hydrogen-bond acceptors (Lipinski definition) is 2. The Bertz CT molecular complexity index is 587. The molecule has 2 aromatic rings. The molecule has 0 saturated carbocycles. The third-order valence-corrected chi connectivity index (χ3v) is 2.59. The molecule has 1 aromatic heterocycles. The van der Waals surface area contributed by atoms with Crippen molar-refractivity contribution in [3.05, 3.63) is 66.9 Å². The van der Waals surface area contributed by atoms with Gasteiger partial charge in [0.25, 0.3) is 5.56 Å². The van der Waals surface area contributed by atoms with Crippen molar-refractivity contribution in [3.63, 3.8) is 0 Å². The van der Waals surface area contributed by atoms with Gasteiger partial charge >= 0.3 is 5.69 Å². The molecule has 0 aliphatic carbocycles. The van der Waals surface area contributed by atoms with Gasteiger partial charge in [-0.2, -0.15) is 0 Å². The molecule has 1 heterocycles. The molecule has 2 N–H and O–H groups in total. The Kier molecular flexibility index (Phi) is 3.05. The maximum atomic E-state index is 11.1. The minimum Gasteiger partial charge on any atom is -0.311 e. The molecule has 0 amide bonds. The van der Waals surface area contributed by atoms with Crippen molar-refractivity contribution >= 4 is 15.9 Å². The molecular formula is C11H9BrN2O2. The molecule has 0 unspecified atom stereocenters. The summed E-state index contributed by atoms with van der Waals surface area (Å²) in [6.07, 6.45) is 0.526. The molecule has 0 fully saturated rings. The average molecular weight is 281 g/mol. The Balaban J connectivity index is 2.34. The Hall–Kier alpha value is -1.62. The molecule has 0 aliphatic heterocycles. The molecule has 4 nitrogen and oxygen atoms in total. The molecule has 0 radical (unpaired) electrons. The average Bonchev–Trinajstić information content (AvgIpc) is 2.15. The van der Waals surface area contributed by atoms with Gasteiger partial charge < -0.3 is 4.98 Å². The van der Waals surface area contributed by atoms with Crippen molar-refractivity contribution in [3.8, 4) is 0 Å². The molecule has 0 saturated heterocycles. The highest BCUT2D eigenvalue weighted by Crippen LogP contribution is 2.13. The SMILES string of the molecule is O=c1cc(Cc2cccc(Br)c2)[nH]c(=O)[nH]1. The standard InChI is InChI=1S/C11H9BrN2O2/c12-8-3-1-2-7(4-8)5-9-6-10(15)14-11(16)13-9/h1-4,6H,5H2,(H2,13,14,15,16). The van der Waals surface area contributed by atoms with Crippen molar-refractivity contribution < 1.29 is 0 Å². The zero-order valence-electron chi connectivity index (χ0n) is 8.29. The summed E-state index contributed by atoms with van der Waals surface area (Å²) < 4.78 is 0.970. The Labute approximate surface area is 99.5 Å². The second kappa shape index (κ2) is 4.49. The van der Waals surface area contributed by atoms with E-state index < -0.39 is 5.69 Å². The lowest BCUT2D eigenvalue weighted by Gasteiger charge is -2.01. The number of rotatable bonds is 2. The van der Waals surface area contributed by atoms with Gasteiger partial charge in [-0.3, -0.25) is 9.78 Å². The molecular weight excluding hydrogens is 272 g/mol. The van der Waals surface area contributed by atoms with Crippen LogP contribution in [0.15, 0.2) is 44.4 Å². The first-order valence-electron chi connectivity index (χ1n) is 4.70. The van der Waals surface area contributed by atoms with Gasteiger partial charge in [-0.25, -0.2) is 4.79 Å². The fraction of sp³-hybridized carbons (Fsp3) is 0.0909. The topological polar surface area (TPSA) is 65.7 Å². The molecule has 16 heavy (non-hydrogen) atoms.